The number of nitrogens with one attached hydrogen (secondary N) is 1. The van der Waals surface area contributed by atoms with Crippen LogP contribution in [0.1, 0.15) is 28.5 Å². The van der Waals surface area contributed by atoms with Crippen molar-refractivity contribution in [3.05, 3.63) is 57.8 Å². The van der Waals surface area contributed by atoms with Crippen LogP contribution in [0.2, 0.25) is 0 Å². The third kappa shape index (κ3) is 6.86. The zero-order valence-electron chi connectivity index (χ0n) is 14.3. The molecule has 2 N–H and O–H groups in total. The summed E-state index contributed by atoms with van der Waals surface area (Å²) in [5.74, 6) is -0.986. The van der Waals surface area contributed by atoms with Crippen molar-refractivity contribution in [3.63, 3.8) is 0 Å². The number of nitrogens with zero attached hydrogens (tertiary/aromatic N) is 1. The van der Waals surface area contributed by atoms with Crippen LogP contribution in [-0.2, 0) is 9.59 Å². The minimum absolute atomic E-state index is 0. The molecule has 7 heteroatoms. The number of benzene rings is 1. The number of aliphatic carboxylic acids is 1. The summed E-state index contributed by atoms with van der Waals surface area (Å²) in [6.45, 7) is 2.54. The highest BCUT2D eigenvalue weighted by Gasteiger charge is 2.18. The van der Waals surface area contributed by atoms with E-state index in [1.807, 2.05) is 48.7 Å². The van der Waals surface area contributed by atoms with Gasteiger partial charge in [-0.05, 0) is 31.0 Å². The summed E-state index contributed by atoms with van der Waals surface area (Å²) in [6, 6.07) is 11.9. The molecule has 2 rings (SSSR count). The van der Waals surface area contributed by atoms with Crippen LogP contribution in [0.15, 0.2) is 41.8 Å². The molecule has 1 atom stereocenters. The van der Waals surface area contributed by atoms with Gasteiger partial charge in [-0.15, -0.1) is 23.7 Å². The zero-order valence-corrected chi connectivity index (χ0v) is 15.9. The Bertz CT molecular complexity index is 674. The molecule has 0 radical (unpaired) electrons. The number of likely N-dealkylation sites (N-methyl/N-ethyl adjacent to an activating group) is 1. The van der Waals surface area contributed by atoms with Gasteiger partial charge in [-0.25, -0.2) is 0 Å². The van der Waals surface area contributed by atoms with Crippen LogP contribution in [0.25, 0.3) is 0 Å². The van der Waals surface area contributed by atoms with Crippen LogP contribution < -0.4 is 5.32 Å². The van der Waals surface area contributed by atoms with Crippen LogP contribution in [0.4, 0.5) is 0 Å². The molecule has 136 valence electrons. The van der Waals surface area contributed by atoms with Crippen LogP contribution in [0.5, 0.6) is 0 Å². The highest BCUT2D eigenvalue weighted by atomic mass is 35.5. The number of carboxylic acids is 1. The van der Waals surface area contributed by atoms with Gasteiger partial charge in [0.2, 0.25) is 5.91 Å². The monoisotopic (exact) mass is 382 g/mol. The average Bonchev–Trinajstić information content (AvgIpc) is 3.06. The van der Waals surface area contributed by atoms with Crippen LogP contribution in [0.3, 0.4) is 0 Å². The zero-order chi connectivity index (χ0) is 17.5. The van der Waals surface area contributed by atoms with Gasteiger partial charge in [0.1, 0.15) is 0 Å². The average molecular weight is 383 g/mol. The van der Waals surface area contributed by atoms with Gasteiger partial charge in [-0.3, -0.25) is 14.5 Å². The van der Waals surface area contributed by atoms with E-state index in [2.05, 4.69) is 5.32 Å². The molecule has 25 heavy (non-hydrogen) atoms. The van der Waals surface area contributed by atoms with Crippen molar-refractivity contribution in [2.75, 3.05) is 20.1 Å². The summed E-state index contributed by atoms with van der Waals surface area (Å²) in [7, 11) is 1.74. The van der Waals surface area contributed by atoms with Gasteiger partial charge in [0, 0.05) is 11.4 Å². The summed E-state index contributed by atoms with van der Waals surface area (Å²) in [5, 5.41) is 13.8. The molecule has 1 aromatic heterocycles. The van der Waals surface area contributed by atoms with Crippen molar-refractivity contribution in [2.45, 2.75) is 19.4 Å². The molecule has 0 aliphatic heterocycles. The fraction of sp³-hybridized carbons (Fsp3) is 0.333. The van der Waals surface area contributed by atoms with E-state index in [-0.39, 0.29) is 37.3 Å². The van der Waals surface area contributed by atoms with Crippen molar-refractivity contribution in [2.24, 2.45) is 0 Å². The highest BCUT2D eigenvalue weighted by molar-refractivity contribution is 7.10. The minimum Gasteiger partial charge on any atom is -0.481 e. The number of carbonyl (C=O) groups excluding carboxylic acids is 1. The molecule has 0 aliphatic rings. The number of carboxylic acid groups (broad SMARTS) is 1. The molecule has 0 spiro atoms. The molecule has 0 saturated carbocycles. The van der Waals surface area contributed by atoms with Gasteiger partial charge in [0.15, 0.2) is 0 Å². The lowest BCUT2D eigenvalue weighted by molar-refractivity contribution is -0.137. The normalized spacial score (nSPS) is 11.6. The number of rotatable bonds is 8. The second kappa shape index (κ2) is 10.2. The molecule has 1 heterocycles. The Labute approximate surface area is 158 Å². The summed E-state index contributed by atoms with van der Waals surface area (Å²) >= 11 is 1.60. The maximum atomic E-state index is 12.3. The van der Waals surface area contributed by atoms with E-state index in [9.17, 15) is 9.59 Å². The molecule has 5 nitrogen and oxygen atoms in total. The lowest BCUT2D eigenvalue weighted by atomic mass is 10.0. The number of carbonyl (C=O) groups is 2. The number of aryl methyl sites for hydroxylation is 1. The first-order valence-electron chi connectivity index (χ1n) is 7.75. The third-order valence-corrected chi connectivity index (χ3v) is 4.60. The highest BCUT2D eigenvalue weighted by Crippen LogP contribution is 2.26. The largest absolute Gasteiger partial charge is 0.481 e. The van der Waals surface area contributed by atoms with E-state index in [0.29, 0.717) is 6.54 Å². The number of thiophene rings is 1. The summed E-state index contributed by atoms with van der Waals surface area (Å²) in [4.78, 5) is 25.7. The quantitative estimate of drug-likeness (QED) is 0.736. The van der Waals surface area contributed by atoms with Gasteiger partial charge >= 0.3 is 5.97 Å². The van der Waals surface area contributed by atoms with E-state index in [0.717, 1.165) is 10.4 Å². The first-order chi connectivity index (χ1) is 11.5. The Balaban J connectivity index is 0.00000312. The predicted octanol–water partition coefficient (Wildman–Crippen LogP) is 3.09. The SMILES string of the molecule is Cc1ccc(C(NC(=O)CN(C)CCC(=O)O)c2cccs2)cc1.Cl. The number of hydrogen-bond acceptors (Lipinski definition) is 4. The summed E-state index contributed by atoms with van der Waals surface area (Å²) in [5.41, 5.74) is 2.20. The van der Waals surface area contributed by atoms with Crippen LogP contribution in [0, 0.1) is 6.92 Å². The first-order valence-corrected chi connectivity index (χ1v) is 8.63. The van der Waals surface area contributed by atoms with E-state index < -0.39 is 5.97 Å². The number of halogens is 1. The third-order valence-electron chi connectivity index (χ3n) is 3.66. The van der Waals surface area contributed by atoms with Crippen molar-refractivity contribution in [3.8, 4) is 0 Å². The van der Waals surface area contributed by atoms with E-state index in [4.69, 9.17) is 5.11 Å². The van der Waals surface area contributed by atoms with Crippen LogP contribution in [-0.4, -0.2) is 42.0 Å². The van der Waals surface area contributed by atoms with Crippen molar-refractivity contribution >= 4 is 35.6 Å². The van der Waals surface area contributed by atoms with Gasteiger partial charge in [-0.2, -0.15) is 0 Å². The standard InChI is InChI=1S/C18H22N2O3S.ClH/c1-13-5-7-14(8-6-13)18(15-4-3-11-24-15)19-16(21)12-20(2)10-9-17(22)23;/h3-8,11,18H,9-10,12H2,1-2H3,(H,19,21)(H,22,23);1H. The van der Waals surface area contributed by atoms with Crippen molar-refractivity contribution < 1.29 is 14.7 Å². The van der Waals surface area contributed by atoms with Gasteiger partial charge in [-0.1, -0.05) is 35.9 Å². The lowest BCUT2D eigenvalue weighted by Crippen LogP contribution is -2.38. The van der Waals surface area contributed by atoms with E-state index >= 15 is 0 Å². The Morgan fingerprint density at radius 3 is 2.48 bits per heavy atom. The predicted molar refractivity (Wildman–Crippen MR) is 102 cm³/mol. The molecule has 0 saturated heterocycles. The summed E-state index contributed by atoms with van der Waals surface area (Å²) in [6.07, 6.45) is 0.0239. The Morgan fingerprint density at radius 1 is 1.24 bits per heavy atom. The molecular weight excluding hydrogens is 360 g/mol. The van der Waals surface area contributed by atoms with Crippen molar-refractivity contribution in [1.82, 2.24) is 10.2 Å². The molecule has 0 bridgehead atoms. The lowest BCUT2D eigenvalue weighted by Gasteiger charge is -2.21. The topological polar surface area (TPSA) is 69.6 Å². The number of hydrogen-bond donors (Lipinski definition) is 2. The minimum atomic E-state index is -0.863. The molecule has 1 aromatic carbocycles. The van der Waals surface area contributed by atoms with Crippen LogP contribution >= 0.6 is 23.7 Å². The second-order valence-electron chi connectivity index (χ2n) is 5.81. The maximum absolute atomic E-state index is 12.3. The number of amides is 1. The maximum Gasteiger partial charge on any atom is 0.304 e. The Hall–Kier alpha value is -1.89. The fourth-order valence-corrected chi connectivity index (χ4v) is 3.15. The Kier molecular flexibility index (Phi) is 8.61. The summed E-state index contributed by atoms with van der Waals surface area (Å²) < 4.78 is 0. The first kappa shape index (κ1) is 21.2. The Morgan fingerprint density at radius 2 is 1.92 bits per heavy atom. The molecular formula is C18H23ClN2O3S. The second-order valence-corrected chi connectivity index (χ2v) is 6.79. The fourth-order valence-electron chi connectivity index (χ4n) is 2.35. The van der Waals surface area contributed by atoms with Crippen molar-refractivity contribution in [1.29, 1.82) is 0 Å². The smallest absolute Gasteiger partial charge is 0.304 e. The van der Waals surface area contributed by atoms with Gasteiger partial charge < -0.3 is 10.4 Å². The molecule has 1 unspecified atom stereocenters. The molecule has 2 aromatic rings. The van der Waals surface area contributed by atoms with E-state index in [1.54, 1.807) is 23.3 Å². The van der Waals surface area contributed by atoms with Gasteiger partial charge in [0.05, 0.1) is 19.0 Å². The molecule has 0 fully saturated rings. The molecule has 0 aliphatic carbocycles. The van der Waals surface area contributed by atoms with E-state index in [1.165, 1.54) is 5.56 Å². The van der Waals surface area contributed by atoms with Gasteiger partial charge in [0.25, 0.3) is 0 Å². The molecule has 1 amide bonds.